The van der Waals surface area contributed by atoms with Crippen LogP contribution in [0.5, 0.6) is 0 Å². The molecule has 60 heavy (non-hydrogen) atoms. The predicted molar refractivity (Wildman–Crippen MR) is 219 cm³/mol. The molecule has 4 fully saturated rings. The van der Waals surface area contributed by atoms with Crippen LogP contribution in [-0.2, 0) is 48.0 Å². The Morgan fingerprint density at radius 2 is 1.68 bits per heavy atom. The average Bonchev–Trinajstić information content (AvgIpc) is 3.48. The largest absolute Gasteiger partial charge is 0.458 e. The van der Waals surface area contributed by atoms with E-state index in [1.165, 1.54) is 18.2 Å². The number of nitrogens with one attached hydrogen (secondary N) is 3. The minimum atomic E-state index is -4.30. The van der Waals surface area contributed by atoms with Crippen LogP contribution in [0.3, 0.4) is 0 Å². The third kappa shape index (κ3) is 10.2. The zero-order valence-electron chi connectivity index (χ0n) is 35.7. The molecule has 4 saturated heterocycles. The molecule has 0 radical (unpaired) electrons. The van der Waals surface area contributed by atoms with Crippen LogP contribution in [-0.4, -0.2) is 136 Å². The van der Waals surface area contributed by atoms with Crippen LogP contribution in [0.2, 0.25) is 10.0 Å². The fourth-order valence-corrected chi connectivity index (χ4v) is 10.9. The normalized spacial score (nSPS) is 39.9. The zero-order chi connectivity index (χ0) is 44.6. The number of aliphatic hydroxyl groups is 1. The number of hydrogen-bond acceptors (Lipinski definition) is 14. The molecule has 1 aromatic carbocycles. The number of ketones is 1. The molecule has 0 aromatic heterocycles. The first-order valence-corrected chi connectivity index (χ1v) is 22.6. The van der Waals surface area contributed by atoms with Crippen molar-refractivity contribution in [1.29, 1.82) is 0 Å². The minimum Gasteiger partial charge on any atom is -0.458 e. The number of cyclic esters (lactones) is 1. The van der Waals surface area contributed by atoms with Gasteiger partial charge >= 0.3 is 18.2 Å². The molecule has 1 unspecified atom stereocenters. The number of carbonyl (C=O) groups is 4. The van der Waals surface area contributed by atoms with E-state index in [1.807, 2.05) is 25.9 Å². The van der Waals surface area contributed by atoms with Gasteiger partial charge in [0.25, 0.3) is 0 Å². The molecule has 17 nitrogen and oxygen atoms in total. The highest BCUT2D eigenvalue weighted by Gasteiger charge is 2.58. The maximum Gasteiger partial charge on any atom is 0.408 e. The van der Waals surface area contributed by atoms with Crippen molar-refractivity contribution in [2.45, 2.75) is 146 Å². The smallest absolute Gasteiger partial charge is 0.408 e. The molecule has 2 amide bonds. The molecule has 2 bridgehead atoms. The summed E-state index contributed by atoms with van der Waals surface area (Å²) in [6.07, 6.45) is -7.41. The number of ether oxygens (including phenoxy) is 6. The number of Topliss-reactive ketones (excluding diaryl/α,β-unsaturated/α-hetero) is 1. The highest BCUT2D eigenvalue weighted by molar-refractivity contribution is 7.89. The summed E-state index contributed by atoms with van der Waals surface area (Å²) in [5, 5.41) is 17.2. The van der Waals surface area contributed by atoms with Crippen molar-refractivity contribution in [2.75, 3.05) is 27.2 Å². The fourth-order valence-electron chi connectivity index (χ4n) is 9.27. The summed E-state index contributed by atoms with van der Waals surface area (Å²) in [5.41, 5.74) is -3.17. The van der Waals surface area contributed by atoms with Crippen LogP contribution < -0.4 is 15.4 Å². The van der Waals surface area contributed by atoms with Crippen molar-refractivity contribution >= 4 is 57.2 Å². The Morgan fingerprint density at radius 1 is 1.00 bits per heavy atom. The SMILES string of the molecule is CC[C@H]1OC(=O)[C@H](C)[C@H]2OCC(NS(=O)(=O)c3ccc(Cl)c(Cl)c3)CNC(=O)O[C@](C)(C[C@@H](C)C(=O)[C@H](C)[C@@H]3NC(=O)O[C@]13C)[C@H](O[C@@H]1O[C@H](C)C[C@H](N(C)C)[C@H]1O)[C@H]2C. The van der Waals surface area contributed by atoms with E-state index in [1.54, 1.807) is 48.5 Å². The lowest BCUT2D eigenvalue weighted by atomic mass is 9.73. The summed E-state index contributed by atoms with van der Waals surface area (Å²) in [4.78, 5) is 57.4. The van der Waals surface area contributed by atoms with Crippen molar-refractivity contribution in [3.63, 3.8) is 0 Å². The van der Waals surface area contributed by atoms with E-state index in [0.29, 0.717) is 6.42 Å². The number of halogens is 2. The first-order chi connectivity index (χ1) is 27.9. The van der Waals surface area contributed by atoms with Crippen LogP contribution in [0, 0.1) is 23.7 Å². The first kappa shape index (κ1) is 48.2. The van der Waals surface area contributed by atoms with Crippen molar-refractivity contribution in [3.05, 3.63) is 28.2 Å². The third-order valence-corrected chi connectivity index (χ3v) is 14.7. The van der Waals surface area contributed by atoms with Gasteiger partial charge in [-0.2, -0.15) is 0 Å². The number of amides is 2. The van der Waals surface area contributed by atoms with Gasteiger partial charge in [-0.3, -0.25) is 9.59 Å². The molecule has 4 heterocycles. The van der Waals surface area contributed by atoms with Crippen LogP contribution in [0.15, 0.2) is 23.1 Å². The molecule has 338 valence electrons. The monoisotopic (exact) mass is 906 g/mol. The van der Waals surface area contributed by atoms with Gasteiger partial charge in [0.2, 0.25) is 10.0 Å². The summed E-state index contributed by atoms with van der Waals surface area (Å²) >= 11 is 12.2. The van der Waals surface area contributed by atoms with Crippen molar-refractivity contribution < 1.29 is 61.1 Å². The summed E-state index contributed by atoms with van der Waals surface area (Å²) in [5.74, 6) is -4.81. The molecule has 4 N–H and O–H groups in total. The van der Waals surface area contributed by atoms with E-state index in [-0.39, 0.29) is 58.9 Å². The van der Waals surface area contributed by atoms with Gasteiger partial charge in [-0.25, -0.2) is 22.7 Å². The van der Waals surface area contributed by atoms with E-state index in [9.17, 15) is 32.7 Å². The number of nitrogens with zero attached hydrogens (tertiary/aromatic N) is 1. The summed E-state index contributed by atoms with van der Waals surface area (Å²) in [7, 11) is -0.652. The summed E-state index contributed by atoms with van der Waals surface area (Å²) < 4.78 is 67.8. The Morgan fingerprint density at radius 3 is 2.32 bits per heavy atom. The molecule has 15 atom stereocenters. The number of sulfonamides is 1. The second kappa shape index (κ2) is 18.9. The molecule has 5 rings (SSSR count). The Labute approximate surface area is 362 Å². The van der Waals surface area contributed by atoms with Crippen LogP contribution >= 0.6 is 23.2 Å². The molecular formula is C40H60Cl2N4O13S. The quantitative estimate of drug-likeness (QED) is 0.225. The summed E-state index contributed by atoms with van der Waals surface area (Å²) in [6, 6.07) is 1.35. The molecule has 4 aliphatic heterocycles. The van der Waals surface area contributed by atoms with Crippen LogP contribution in [0.4, 0.5) is 9.59 Å². The van der Waals surface area contributed by atoms with E-state index in [0.717, 1.165) is 0 Å². The Kier molecular flexibility index (Phi) is 15.2. The van der Waals surface area contributed by atoms with Gasteiger partial charge in [0, 0.05) is 30.3 Å². The van der Waals surface area contributed by atoms with E-state index >= 15 is 0 Å². The lowest BCUT2D eigenvalue weighted by Gasteiger charge is -2.48. The van der Waals surface area contributed by atoms with Crippen molar-refractivity contribution in [3.8, 4) is 0 Å². The Hall–Kier alpha value is -2.81. The maximum absolute atomic E-state index is 14.5. The fraction of sp³-hybridized carbons (Fsp3) is 0.750. The van der Waals surface area contributed by atoms with Gasteiger partial charge < -0.3 is 49.1 Å². The number of aliphatic hydroxyl groups excluding tert-OH is 1. The predicted octanol–water partition coefficient (Wildman–Crippen LogP) is 4.04. The van der Waals surface area contributed by atoms with Gasteiger partial charge in [0.1, 0.15) is 29.7 Å². The van der Waals surface area contributed by atoms with Gasteiger partial charge in [-0.15, -0.1) is 0 Å². The molecule has 1 aromatic rings. The second-order valence-corrected chi connectivity index (χ2v) is 19.9. The molecule has 0 spiro atoms. The number of carbonyl (C=O) groups excluding carboxylic acids is 4. The number of hydrogen-bond donors (Lipinski definition) is 4. The van der Waals surface area contributed by atoms with Crippen molar-refractivity contribution in [1.82, 2.24) is 20.3 Å². The van der Waals surface area contributed by atoms with Crippen LogP contribution in [0.25, 0.3) is 0 Å². The summed E-state index contributed by atoms with van der Waals surface area (Å²) in [6.45, 7) is 12.7. The third-order valence-electron chi connectivity index (χ3n) is 12.5. The molecule has 0 saturated carbocycles. The van der Waals surface area contributed by atoms with Gasteiger partial charge in [0.15, 0.2) is 11.9 Å². The van der Waals surface area contributed by atoms with E-state index in [4.69, 9.17) is 51.6 Å². The minimum absolute atomic E-state index is 0.00428. The van der Waals surface area contributed by atoms with E-state index in [2.05, 4.69) is 15.4 Å². The van der Waals surface area contributed by atoms with E-state index < -0.39 is 106 Å². The number of likely N-dealkylation sites (N-methyl/N-ethyl adjacent to an activating group) is 1. The number of alkyl carbamates (subject to hydrolysis) is 2. The lowest BCUT2D eigenvalue weighted by molar-refractivity contribution is -0.299. The van der Waals surface area contributed by atoms with Gasteiger partial charge in [0.05, 0.1) is 51.8 Å². The second-order valence-electron chi connectivity index (χ2n) is 17.4. The van der Waals surface area contributed by atoms with Crippen LogP contribution in [0.1, 0.15) is 74.7 Å². The molecular weight excluding hydrogens is 847 g/mol. The zero-order valence-corrected chi connectivity index (χ0v) is 38.1. The standard InChI is InChI=1S/C40H60Cl2N4O13S/c1-11-29-40(8)33(44-38(51)59-40)21(4)30(47)19(2)16-39(7)34(57-36-31(48)28(46(9)10)14-20(3)55-36)22(5)32(23(6)35(49)56-29)54-18-24(17-43-37(50)58-39)45-60(52,53)25-12-13-26(41)27(42)15-25/h12-13,15,19-24,28-29,31-34,36,45,48H,11,14,16-18H2,1-10H3,(H,43,50)(H,44,51)/t19-,20-,21+,22+,23-,24?,28+,29-,31-,32+,33+,34-,36+,39-,40-/m1/s1. The first-order valence-electron chi connectivity index (χ1n) is 20.4. The highest BCUT2D eigenvalue weighted by Crippen LogP contribution is 2.42. The Bertz CT molecular complexity index is 1880. The number of esters is 1. The van der Waals surface area contributed by atoms with Gasteiger partial charge in [-0.1, -0.05) is 50.9 Å². The topological polar surface area (TPSA) is 217 Å². The molecule has 4 aliphatic rings. The molecule has 20 heteroatoms. The number of fused-ring (bicyclic) bond motifs is 4. The maximum atomic E-state index is 14.5. The number of benzene rings is 1. The highest BCUT2D eigenvalue weighted by atomic mass is 35.5. The van der Waals surface area contributed by atoms with Crippen molar-refractivity contribution in [2.24, 2.45) is 23.7 Å². The van der Waals surface area contributed by atoms with Gasteiger partial charge in [-0.05, 0) is 79.3 Å². The Balaban J connectivity index is 1.65. The molecule has 0 aliphatic carbocycles. The number of rotatable bonds is 7. The lowest BCUT2D eigenvalue weighted by Crippen LogP contribution is -2.61. The average molecular weight is 908 g/mol.